The number of rotatable bonds is 5. The molecule has 2 aromatic heterocycles. The second-order valence-electron chi connectivity index (χ2n) is 5.74. The van der Waals surface area contributed by atoms with E-state index in [-0.39, 0.29) is 11.4 Å². The van der Waals surface area contributed by atoms with Crippen molar-refractivity contribution in [2.75, 3.05) is 19.1 Å². The Balaban J connectivity index is 2.00. The fraction of sp³-hybridized carbons (Fsp3) is 0.312. The summed E-state index contributed by atoms with van der Waals surface area (Å²) in [6.07, 6.45) is 1.46. The summed E-state index contributed by atoms with van der Waals surface area (Å²) in [5.41, 5.74) is 2.57. The minimum Gasteiger partial charge on any atom is -0.490 e. The standard InChI is InChI=1S/C16H18N6O3/c1-10-11(2)19-16-17-9-18-21(16)15(10)20(3)8-12-5-6-14(25-4)13(7-12)22(23)24/h5-7,9H,8H2,1-4H3. The van der Waals surface area contributed by atoms with Crippen LogP contribution in [0.15, 0.2) is 24.5 Å². The molecule has 9 nitrogen and oxygen atoms in total. The maximum absolute atomic E-state index is 11.2. The summed E-state index contributed by atoms with van der Waals surface area (Å²) in [6.45, 7) is 4.34. The van der Waals surface area contributed by atoms with Crippen molar-refractivity contribution < 1.29 is 9.66 Å². The molecular weight excluding hydrogens is 324 g/mol. The van der Waals surface area contributed by atoms with Crippen molar-refractivity contribution in [3.8, 4) is 5.75 Å². The highest BCUT2D eigenvalue weighted by atomic mass is 16.6. The van der Waals surface area contributed by atoms with E-state index in [4.69, 9.17) is 4.74 Å². The molecule has 0 saturated carbocycles. The van der Waals surface area contributed by atoms with Crippen LogP contribution >= 0.6 is 0 Å². The molecule has 0 aliphatic rings. The molecule has 0 spiro atoms. The van der Waals surface area contributed by atoms with Crippen LogP contribution in [-0.2, 0) is 6.54 Å². The van der Waals surface area contributed by atoms with E-state index in [1.807, 2.05) is 31.9 Å². The normalized spacial score (nSPS) is 10.9. The lowest BCUT2D eigenvalue weighted by Gasteiger charge is -2.22. The predicted molar refractivity (Wildman–Crippen MR) is 92.0 cm³/mol. The Bertz CT molecular complexity index is 952. The van der Waals surface area contributed by atoms with E-state index in [9.17, 15) is 10.1 Å². The maximum Gasteiger partial charge on any atom is 0.311 e. The molecule has 0 unspecified atom stereocenters. The van der Waals surface area contributed by atoms with Crippen molar-refractivity contribution in [2.24, 2.45) is 0 Å². The summed E-state index contributed by atoms with van der Waals surface area (Å²) in [6, 6.07) is 4.94. The first-order valence-corrected chi connectivity index (χ1v) is 7.61. The number of aromatic nitrogens is 4. The van der Waals surface area contributed by atoms with Crippen LogP contribution in [0.25, 0.3) is 5.78 Å². The van der Waals surface area contributed by atoms with Gasteiger partial charge in [0, 0.05) is 30.9 Å². The van der Waals surface area contributed by atoms with Crippen molar-refractivity contribution in [3.05, 3.63) is 51.5 Å². The van der Waals surface area contributed by atoms with Crippen LogP contribution in [0.4, 0.5) is 11.5 Å². The quantitative estimate of drug-likeness (QED) is 0.518. The number of aryl methyl sites for hydroxylation is 1. The molecular formula is C16H18N6O3. The summed E-state index contributed by atoms with van der Waals surface area (Å²) in [7, 11) is 3.32. The van der Waals surface area contributed by atoms with Gasteiger partial charge in [0.2, 0.25) is 0 Å². The van der Waals surface area contributed by atoms with E-state index >= 15 is 0 Å². The highest BCUT2D eigenvalue weighted by Crippen LogP contribution is 2.29. The third-order valence-electron chi connectivity index (χ3n) is 4.10. The van der Waals surface area contributed by atoms with Crippen LogP contribution < -0.4 is 9.64 Å². The molecule has 0 fully saturated rings. The third kappa shape index (κ3) is 2.95. The Labute approximate surface area is 144 Å². The Kier molecular flexibility index (Phi) is 4.22. The molecule has 0 radical (unpaired) electrons. The van der Waals surface area contributed by atoms with E-state index in [0.717, 1.165) is 22.6 Å². The molecule has 25 heavy (non-hydrogen) atoms. The topological polar surface area (TPSA) is 98.7 Å². The Hall–Kier alpha value is -3.23. The molecule has 2 heterocycles. The molecule has 0 saturated heterocycles. The van der Waals surface area contributed by atoms with Crippen LogP contribution in [0.2, 0.25) is 0 Å². The summed E-state index contributed by atoms with van der Waals surface area (Å²) in [4.78, 5) is 21.3. The van der Waals surface area contributed by atoms with Gasteiger partial charge in [0.25, 0.3) is 5.78 Å². The van der Waals surface area contributed by atoms with E-state index in [2.05, 4.69) is 15.1 Å². The largest absolute Gasteiger partial charge is 0.490 e. The number of hydrogen-bond acceptors (Lipinski definition) is 7. The first-order chi connectivity index (χ1) is 11.9. The van der Waals surface area contributed by atoms with Crippen LogP contribution in [0.5, 0.6) is 5.75 Å². The SMILES string of the molecule is COc1ccc(CN(C)c2c(C)c(C)nc3ncnn23)cc1[N+](=O)[O-]. The summed E-state index contributed by atoms with van der Waals surface area (Å²) in [5.74, 6) is 1.61. The number of benzene rings is 1. The monoisotopic (exact) mass is 342 g/mol. The smallest absolute Gasteiger partial charge is 0.311 e. The van der Waals surface area contributed by atoms with Gasteiger partial charge in [0.05, 0.1) is 12.0 Å². The maximum atomic E-state index is 11.2. The van der Waals surface area contributed by atoms with Crippen molar-refractivity contribution in [1.82, 2.24) is 19.6 Å². The number of nitro groups is 1. The van der Waals surface area contributed by atoms with Crippen molar-refractivity contribution in [1.29, 1.82) is 0 Å². The predicted octanol–water partition coefficient (Wildman–Crippen LogP) is 2.29. The van der Waals surface area contributed by atoms with Crippen LogP contribution in [0.1, 0.15) is 16.8 Å². The minimum atomic E-state index is -0.445. The van der Waals surface area contributed by atoms with Gasteiger partial charge in [-0.1, -0.05) is 6.07 Å². The number of ether oxygens (including phenoxy) is 1. The van der Waals surface area contributed by atoms with E-state index < -0.39 is 4.92 Å². The molecule has 1 aromatic carbocycles. The summed E-state index contributed by atoms with van der Waals surface area (Å²) < 4.78 is 6.71. The average molecular weight is 342 g/mol. The van der Waals surface area contributed by atoms with Gasteiger partial charge in [0.15, 0.2) is 5.75 Å². The van der Waals surface area contributed by atoms with Crippen molar-refractivity contribution in [2.45, 2.75) is 20.4 Å². The zero-order valence-electron chi connectivity index (χ0n) is 14.4. The van der Waals surface area contributed by atoms with Gasteiger partial charge in [-0.15, -0.1) is 0 Å². The lowest BCUT2D eigenvalue weighted by molar-refractivity contribution is -0.385. The number of nitrogens with zero attached hydrogens (tertiary/aromatic N) is 6. The van der Waals surface area contributed by atoms with E-state index in [1.54, 1.807) is 10.6 Å². The molecule has 3 rings (SSSR count). The highest BCUT2D eigenvalue weighted by Gasteiger charge is 2.18. The number of fused-ring (bicyclic) bond motifs is 1. The lowest BCUT2D eigenvalue weighted by Crippen LogP contribution is -2.22. The molecule has 0 aliphatic heterocycles. The Morgan fingerprint density at radius 1 is 1.36 bits per heavy atom. The van der Waals surface area contributed by atoms with Crippen LogP contribution in [-0.4, -0.2) is 38.7 Å². The van der Waals surface area contributed by atoms with Gasteiger partial charge in [-0.3, -0.25) is 10.1 Å². The number of hydrogen-bond donors (Lipinski definition) is 0. The van der Waals surface area contributed by atoms with E-state index in [1.165, 1.54) is 19.5 Å². The minimum absolute atomic E-state index is 0.0538. The molecule has 0 bridgehead atoms. The van der Waals surface area contributed by atoms with Gasteiger partial charge >= 0.3 is 5.69 Å². The fourth-order valence-electron chi connectivity index (χ4n) is 2.79. The summed E-state index contributed by atoms with van der Waals surface area (Å²) in [5, 5.41) is 15.4. The van der Waals surface area contributed by atoms with Gasteiger partial charge < -0.3 is 9.64 Å². The average Bonchev–Trinajstić information content (AvgIpc) is 3.03. The van der Waals surface area contributed by atoms with Gasteiger partial charge in [-0.2, -0.15) is 14.6 Å². The van der Waals surface area contributed by atoms with Crippen LogP contribution in [0, 0.1) is 24.0 Å². The Morgan fingerprint density at radius 3 is 2.80 bits per heavy atom. The molecule has 0 amide bonds. The fourth-order valence-corrected chi connectivity index (χ4v) is 2.79. The zero-order valence-corrected chi connectivity index (χ0v) is 14.4. The van der Waals surface area contributed by atoms with E-state index in [0.29, 0.717) is 12.3 Å². The van der Waals surface area contributed by atoms with Crippen LogP contribution in [0.3, 0.4) is 0 Å². The number of methoxy groups -OCH3 is 1. The molecule has 0 atom stereocenters. The molecule has 3 aromatic rings. The molecule has 0 N–H and O–H groups in total. The first-order valence-electron chi connectivity index (χ1n) is 7.61. The first kappa shape index (κ1) is 16.6. The van der Waals surface area contributed by atoms with Crippen molar-refractivity contribution in [3.63, 3.8) is 0 Å². The molecule has 0 aliphatic carbocycles. The zero-order chi connectivity index (χ0) is 18.1. The second kappa shape index (κ2) is 6.34. The lowest BCUT2D eigenvalue weighted by atomic mass is 10.1. The second-order valence-corrected chi connectivity index (χ2v) is 5.74. The molecule has 9 heteroatoms. The highest BCUT2D eigenvalue weighted by molar-refractivity contribution is 5.55. The van der Waals surface area contributed by atoms with Crippen molar-refractivity contribution >= 4 is 17.3 Å². The number of anilines is 1. The third-order valence-corrected chi connectivity index (χ3v) is 4.10. The van der Waals surface area contributed by atoms with Gasteiger partial charge in [-0.25, -0.2) is 4.98 Å². The summed E-state index contributed by atoms with van der Waals surface area (Å²) >= 11 is 0. The number of nitro benzene ring substituents is 1. The van der Waals surface area contributed by atoms with Gasteiger partial charge in [-0.05, 0) is 25.5 Å². The molecule has 130 valence electrons. The van der Waals surface area contributed by atoms with Gasteiger partial charge in [0.1, 0.15) is 12.1 Å². The Morgan fingerprint density at radius 2 is 2.12 bits per heavy atom.